The molecule has 2 N–H and O–H groups in total. The summed E-state index contributed by atoms with van der Waals surface area (Å²) in [6.07, 6.45) is 1.27. The molecule has 1 fully saturated rings. The van der Waals surface area contributed by atoms with E-state index in [1.54, 1.807) is 7.11 Å². The molecular weight excluding hydrogens is 310 g/mol. The zero-order chi connectivity index (χ0) is 14.9. The molecule has 114 valence electrons. The van der Waals surface area contributed by atoms with E-state index < -0.39 is 10.0 Å². The van der Waals surface area contributed by atoms with Crippen LogP contribution in [0.1, 0.15) is 12.8 Å². The van der Waals surface area contributed by atoms with Crippen LogP contribution in [0, 0.1) is 0 Å². The number of methoxy groups -OCH3 is 1. The van der Waals surface area contributed by atoms with Gasteiger partial charge in [0.1, 0.15) is 5.75 Å². The molecule has 1 aliphatic rings. The van der Waals surface area contributed by atoms with E-state index in [2.05, 4.69) is 15.0 Å². The number of hydrogen-bond acceptors (Lipinski definition) is 6. The van der Waals surface area contributed by atoms with Crippen LogP contribution in [0.5, 0.6) is 5.75 Å². The molecule has 0 aliphatic carbocycles. The van der Waals surface area contributed by atoms with Crippen molar-refractivity contribution in [2.75, 3.05) is 24.9 Å². The summed E-state index contributed by atoms with van der Waals surface area (Å²) < 4.78 is 33.4. The maximum atomic E-state index is 12.4. The number of ether oxygens (including phenoxy) is 1. The second-order valence-corrected chi connectivity index (χ2v) is 7.94. The van der Waals surface area contributed by atoms with E-state index in [1.165, 1.54) is 11.3 Å². The second kappa shape index (κ2) is 5.78. The van der Waals surface area contributed by atoms with Crippen LogP contribution < -0.4 is 14.8 Å². The Morgan fingerprint density at radius 3 is 2.86 bits per heavy atom. The van der Waals surface area contributed by atoms with Crippen LogP contribution in [0.25, 0.3) is 10.2 Å². The summed E-state index contributed by atoms with van der Waals surface area (Å²) in [6, 6.07) is 5.50. The van der Waals surface area contributed by atoms with Gasteiger partial charge in [0.2, 0.25) is 10.0 Å². The number of benzene rings is 1. The number of piperidine rings is 1. The Balaban J connectivity index is 1.83. The fourth-order valence-corrected chi connectivity index (χ4v) is 4.96. The third-order valence-electron chi connectivity index (χ3n) is 3.55. The van der Waals surface area contributed by atoms with E-state index in [1.807, 2.05) is 18.2 Å². The van der Waals surface area contributed by atoms with Gasteiger partial charge in [-0.15, -0.1) is 0 Å². The third-order valence-corrected chi connectivity index (χ3v) is 6.44. The summed E-state index contributed by atoms with van der Waals surface area (Å²) >= 11 is 1.32. The van der Waals surface area contributed by atoms with Crippen LogP contribution in [0.3, 0.4) is 0 Å². The molecule has 2 aromatic rings. The van der Waals surface area contributed by atoms with Crippen LogP contribution in [0.15, 0.2) is 18.2 Å². The first kappa shape index (κ1) is 14.6. The number of rotatable bonds is 4. The first-order valence-electron chi connectivity index (χ1n) is 6.75. The highest BCUT2D eigenvalue weighted by molar-refractivity contribution is 7.93. The van der Waals surface area contributed by atoms with Gasteiger partial charge in [-0.3, -0.25) is 4.72 Å². The van der Waals surface area contributed by atoms with Crippen molar-refractivity contribution in [1.29, 1.82) is 0 Å². The maximum absolute atomic E-state index is 12.4. The number of sulfonamides is 1. The van der Waals surface area contributed by atoms with Crippen molar-refractivity contribution in [2.24, 2.45) is 0 Å². The molecule has 0 spiro atoms. The topological polar surface area (TPSA) is 80.3 Å². The SMILES string of the molecule is COc1ccc2nc(NS(=O)(=O)C3CCNCC3)sc2c1. The van der Waals surface area contributed by atoms with Gasteiger partial charge >= 0.3 is 0 Å². The first-order valence-corrected chi connectivity index (χ1v) is 9.12. The highest BCUT2D eigenvalue weighted by Crippen LogP contribution is 2.30. The van der Waals surface area contributed by atoms with Gasteiger partial charge in [-0.25, -0.2) is 13.4 Å². The number of nitrogens with zero attached hydrogens (tertiary/aromatic N) is 1. The average molecular weight is 327 g/mol. The molecule has 1 aliphatic heterocycles. The average Bonchev–Trinajstić information content (AvgIpc) is 2.88. The lowest BCUT2D eigenvalue weighted by Crippen LogP contribution is -2.38. The first-order chi connectivity index (χ1) is 10.1. The Labute approximate surface area is 127 Å². The molecule has 1 aromatic carbocycles. The van der Waals surface area contributed by atoms with Gasteiger partial charge in [0.15, 0.2) is 5.13 Å². The third kappa shape index (κ3) is 3.12. The molecule has 6 nitrogen and oxygen atoms in total. The Hall–Kier alpha value is -1.38. The van der Waals surface area contributed by atoms with Crippen molar-refractivity contribution in [3.05, 3.63) is 18.2 Å². The quantitative estimate of drug-likeness (QED) is 0.895. The number of hydrogen-bond donors (Lipinski definition) is 2. The highest BCUT2D eigenvalue weighted by atomic mass is 32.2. The van der Waals surface area contributed by atoms with E-state index >= 15 is 0 Å². The summed E-state index contributed by atoms with van der Waals surface area (Å²) in [4.78, 5) is 4.33. The second-order valence-electron chi connectivity index (χ2n) is 4.95. The van der Waals surface area contributed by atoms with Crippen LogP contribution in [-0.4, -0.2) is 38.9 Å². The predicted octanol–water partition coefficient (Wildman–Crippen LogP) is 1.80. The van der Waals surface area contributed by atoms with Crippen LogP contribution >= 0.6 is 11.3 Å². The molecule has 2 heterocycles. The van der Waals surface area contributed by atoms with Gasteiger partial charge in [0.25, 0.3) is 0 Å². The number of thiazole rings is 1. The molecular formula is C13H17N3O3S2. The Kier molecular flexibility index (Phi) is 4.01. The normalized spacial score (nSPS) is 17.0. The zero-order valence-electron chi connectivity index (χ0n) is 11.6. The lowest BCUT2D eigenvalue weighted by molar-refractivity contribution is 0.415. The standard InChI is InChI=1S/C13H17N3O3S2/c1-19-9-2-3-11-12(8-9)20-13(15-11)16-21(17,18)10-4-6-14-7-5-10/h2-3,8,10,14H,4-7H2,1H3,(H,15,16). The zero-order valence-corrected chi connectivity index (χ0v) is 13.3. The maximum Gasteiger partial charge on any atom is 0.237 e. The Bertz CT molecular complexity index is 736. The van der Waals surface area contributed by atoms with E-state index in [0.29, 0.717) is 18.0 Å². The van der Waals surface area contributed by atoms with Crippen LogP contribution in [-0.2, 0) is 10.0 Å². The van der Waals surface area contributed by atoms with Crippen molar-refractivity contribution in [2.45, 2.75) is 18.1 Å². The number of aromatic nitrogens is 1. The number of nitrogens with one attached hydrogen (secondary N) is 2. The molecule has 3 rings (SSSR count). The predicted molar refractivity (Wildman–Crippen MR) is 84.6 cm³/mol. The van der Waals surface area contributed by atoms with Crippen molar-refractivity contribution < 1.29 is 13.2 Å². The molecule has 0 unspecified atom stereocenters. The van der Waals surface area contributed by atoms with Crippen molar-refractivity contribution in [1.82, 2.24) is 10.3 Å². The lowest BCUT2D eigenvalue weighted by Gasteiger charge is -2.22. The van der Waals surface area contributed by atoms with Gasteiger partial charge in [-0.2, -0.15) is 0 Å². The fraction of sp³-hybridized carbons (Fsp3) is 0.462. The van der Waals surface area contributed by atoms with Crippen molar-refractivity contribution in [3.63, 3.8) is 0 Å². The lowest BCUT2D eigenvalue weighted by atomic mass is 10.2. The van der Waals surface area contributed by atoms with Crippen LogP contribution in [0.4, 0.5) is 5.13 Å². The Morgan fingerprint density at radius 1 is 1.38 bits per heavy atom. The summed E-state index contributed by atoms with van der Waals surface area (Å²) in [5, 5.41) is 3.23. The smallest absolute Gasteiger partial charge is 0.237 e. The minimum absolute atomic E-state index is 0.347. The summed E-state index contributed by atoms with van der Waals surface area (Å²) in [5.74, 6) is 0.735. The molecule has 1 saturated heterocycles. The fourth-order valence-electron chi connectivity index (χ4n) is 2.39. The molecule has 1 aromatic heterocycles. The monoisotopic (exact) mass is 327 g/mol. The number of anilines is 1. The number of fused-ring (bicyclic) bond motifs is 1. The molecule has 0 bridgehead atoms. The minimum atomic E-state index is -3.37. The van der Waals surface area contributed by atoms with E-state index in [-0.39, 0.29) is 5.25 Å². The summed E-state index contributed by atoms with van der Waals surface area (Å²) in [5.41, 5.74) is 0.767. The molecule has 0 saturated carbocycles. The Morgan fingerprint density at radius 2 is 2.14 bits per heavy atom. The molecule has 0 radical (unpaired) electrons. The van der Waals surface area contributed by atoms with E-state index in [9.17, 15) is 8.42 Å². The molecule has 8 heteroatoms. The highest BCUT2D eigenvalue weighted by Gasteiger charge is 2.27. The van der Waals surface area contributed by atoms with Crippen molar-refractivity contribution in [3.8, 4) is 5.75 Å². The van der Waals surface area contributed by atoms with Crippen molar-refractivity contribution >= 4 is 36.7 Å². The van der Waals surface area contributed by atoms with Gasteiger partial charge in [-0.05, 0) is 44.1 Å². The largest absolute Gasteiger partial charge is 0.497 e. The van der Waals surface area contributed by atoms with E-state index in [0.717, 1.165) is 29.1 Å². The molecule has 21 heavy (non-hydrogen) atoms. The van der Waals surface area contributed by atoms with Gasteiger partial charge in [0.05, 0.1) is 22.6 Å². The minimum Gasteiger partial charge on any atom is -0.497 e. The van der Waals surface area contributed by atoms with Gasteiger partial charge < -0.3 is 10.1 Å². The summed E-state index contributed by atoms with van der Waals surface area (Å²) in [7, 11) is -1.77. The van der Waals surface area contributed by atoms with E-state index in [4.69, 9.17) is 4.74 Å². The molecule has 0 amide bonds. The van der Waals surface area contributed by atoms with Gasteiger partial charge in [-0.1, -0.05) is 11.3 Å². The summed E-state index contributed by atoms with van der Waals surface area (Å²) in [6.45, 7) is 1.48. The van der Waals surface area contributed by atoms with Gasteiger partial charge in [0, 0.05) is 0 Å². The molecule has 0 atom stereocenters. The van der Waals surface area contributed by atoms with Crippen LogP contribution in [0.2, 0.25) is 0 Å².